The van der Waals surface area contributed by atoms with Gasteiger partial charge in [-0.1, -0.05) is 29.8 Å². The van der Waals surface area contributed by atoms with Crippen LogP contribution in [0.4, 0.5) is 10.2 Å². The molecule has 0 saturated carbocycles. The second-order valence-electron chi connectivity index (χ2n) is 4.70. The van der Waals surface area contributed by atoms with Crippen molar-refractivity contribution in [1.29, 1.82) is 0 Å². The van der Waals surface area contributed by atoms with Crippen molar-refractivity contribution in [3.05, 3.63) is 59.5 Å². The van der Waals surface area contributed by atoms with E-state index in [1.165, 1.54) is 12.1 Å². The van der Waals surface area contributed by atoms with Gasteiger partial charge in [0.05, 0.1) is 6.20 Å². The fourth-order valence-electron chi connectivity index (χ4n) is 1.77. The Hall–Kier alpha value is -2.56. The van der Waals surface area contributed by atoms with E-state index in [1.807, 2.05) is 19.1 Å². The smallest absolute Gasteiger partial charge is 0.225 e. The van der Waals surface area contributed by atoms with Crippen molar-refractivity contribution in [2.45, 2.75) is 19.8 Å². The molecule has 0 fully saturated rings. The van der Waals surface area contributed by atoms with Crippen molar-refractivity contribution in [2.24, 2.45) is 0 Å². The summed E-state index contributed by atoms with van der Waals surface area (Å²) >= 11 is 0. The van der Waals surface area contributed by atoms with Crippen molar-refractivity contribution in [2.75, 3.05) is 5.32 Å². The van der Waals surface area contributed by atoms with Crippen LogP contribution in [0, 0.1) is 12.7 Å². The number of anilines is 1. The van der Waals surface area contributed by atoms with Gasteiger partial charge < -0.3 is 5.32 Å². The van der Waals surface area contributed by atoms with E-state index in [1.54, 1.807) is 12.1 Å². The molecule has 108 valence electrons. The van der Waals surface area contributed by atoms with Crippen LogP contribution in [0.1, 0.15) is 28.8 Å². The number of rotatable bonds is 5. The number of carbonyl (C=O) groups excluding carboxylic acids is 2. The van der Waals surface area contributed by atoms with E-state index in [2.05, 4.69) is 10.3 Å². The molecule has 1 N–H and O–H groups in total. The van der Waals surface area contributed by atoms with Crippen molar-refractivity contribution in [3.63, 3.8) is 0 Å². The Morgan fingerprint density at radius 1 is 1.10 bits per heavy atom. The first kappa shape index (κ1) is 14.8. The van der Waals surface area contributed by atoms with E-state index in [0.717, 1.165) is 11.8 Å². The number of amides is 1. The average Bonchev–Trinajstić information content (AvgIpc) is 2.48. The van der Waals surface area contributed by atoms with Gasteiger partial charge in [-0.2, -0.15) is 0 Å². The number of aromatic nitrogens is 1. The van der Waals surface area contributed by atoms with Crippen LogP contribution in [0.2, 0.25) is 0 Å². The van der Waals surface area contributed by atoms with Gasteiger partial charge in [-0.15, -0.1) is 0 Å². The highest BCUT2D eigenvalue weighted by Gasteiger charge is 2.09. The first-order chi connectivity index (χ1) is 10.0. The molecule has 0 aliphatic rings. The lowest BCUT2D eigenvalue weighted by Gasteiger charge is -2.04. The standard InChI is InChI=1S/C16H15FN2O2/c1-11-2-4-12(5-3-11)14(20)7-9-16(21)19-15-8-6-13(17)10-18-15/h2-6,8,10H,7,9H2,1H3,(H,18,19,21). The maximum atomic E-state index is 12.7. The van der Waals surface area contributed by atoms with Gasteiger partial charge >= 0.3 is 0 Å². The predicted molar refractivity (Wildman–Crippen MR) is 77.6 cm³/mol. The molecule has 1 aromatic heterocycles. The monoisotopic (exact) mass is 286 g/mol. The summed E-state index contributed by atoms with van der Waals surface area (Å²) in [5, 5.41) is 2.52. The van der Waals surface area contributed by atoms with E-state index in [0.29, 0.717) is 5.56 Å². The van der Waals surface area contributed by atoms with Gasteiger partial charge in [0.25, 0.3) is 0 Å². The Balaban J connectivity index is 1.84. The SMILES string of the molecule is Cc1ccc(C(=O)CCC(=O)Nc2ccc(F)cn2)cc1. The summed E-state index contributed by atoms with van der Waals surface area (Å²) in [5.74, 6) is -0.612. The van der Waals surface area contributed by atoms with E-state index < -0.39 is 5.82 Å². The van der Waals surface area contributed by atoms with Crippen LogP contribution < -0.4 is 5.32 Å². The van der Waals surface area contributed by atoms with Crippen LogP contribution in [0.3, 0.4) is 0 Å². The maximum absolute atomic E-state index is 12.7. The average molecular weight is 286 g/mol. The molecule has 1 amide bonds. The van der Waals surface area contributed by atoms with Gasteiger partial charge in [-0.3, -0.25) is 9.59 Å². The van der Waals surface area contributed by atoms with Gasteiger partial charge in [0.15, 0.2) is 5.78 Å². The number of hydrogen-bond donors (Lipinski definition) is 1. The molecule has 0 radical (unpaired) electrons. The molecule has 0 aliphatic carbocycles. The molecule has 21 heavy (non-hydrogen) atoms. The summed E-state index contributed by atoms with van der Waals surface area (Å²) in [6, 6.07) is 9.79. The molecule has 1 aromatic carbocycles. The molecule has 0 spiro atoms. The zero-order valence-electron chi connectivity index (χ0n) is 11.6. The molecular weight excluding hydrogens is 271 g/mol. The zero-order valence-corrected chi connectivity index (χ0v) is 11.6. The molecule has 0 atom stereocenters. The minimum Gasteiger partial charge on any atom is -0.311 e. The van der Waals surface area contributed by atoms with Crippen LogP contribution in [-0.2, 0) is 4.79 Å². The summed E-state index contributed by atoms with van der Waals surface area (Å²) in [6.07, 6.45) is 1.20. The van der Waals surface area contributed by atoms with Gasteiger partial charge in [-0.05, 0) is 19.1 Å². The summed E-state index contributed by atoms with van der Waals surface area (Å²) < 4.78 is 12.7. The first-order valence-electron chi connectivity index (χ1n) is 6.56. The quantitative estimate of drug-likeness (QED) is 0.859. The van der Waals surface area contributed by atoms with Gasteiger partial charge in [0.1, 0.15) is 11.6 Å². The number of Topliss-reactive ketones (excluding diaryl/α,β-unsaturated/α-hetero) is 1. The van der Waals surface area contributed by atoms with Crippen molar-refractivity contribution in [3.8, 4) is 0 Å². The third-order valence-corrected chi connectivity index (χ3v) is 2.95. The van der Waals surface area contributed by atoms with E-state index in [-0.39, 0.29) is 30.3 Å². The van der Waals surface area contributed by atoms with E-state index >= 15 is 0 Å². The van der Waals surface area contributed by atoms with Crippen LogP contribution in [-0.4, -0.2) is 16.7 Å². The minimum atomic E-state index is -0.470. The highest BCUT2D eigenvalue weighted by molar-refractivity contribution is 5.99. The van der Waals surface area contributed by atoms with Crippen LogP contribution in [0.15, 0.2) is 42.6 Å². The third kappa shape index (κ3) is 4.49. The third-order valence-electron chi connectivity index (χ3n) is 2.95. The number of ketones is 1. The van der Waals surface area contributed by atoms with Crippen LogP contribution in [0.5, 0.6) is 0 Å². The lowest BCUT2D eigenvalue weighted by atomic mass is 10.1. The zero-order chi connectivity index (χ0) is 15.2. The topological polar surface area (TPSA) is 59.1 Å². The lowest BCUT2D eigenvalue weighted by Crippen LogP contribution is -2.14. The number of aryl methyl sites for hydroxylation is 1. The number of halogens is 1. The molecule has 2 rings (SSSR count). The Bertz CT molecular complexity index is 636. The molecule has 0 aliphatic heterocycles. The molecule has 0 unspecified atom stereocenters. The van der Waals surface area contributed by atoms with E-state index in [9.17, 15) is 14.0 Å². The van der Waals surface area contributed by atoms with Crippen LogP contribution in [0.25, 0.3) is 0 Å². The molecule has 0 bridgehead atoms. The summed E-state index contributed by atoms with van der Waals surface area (Å²) in [7, 11) is 0. The lowest BCUT2D eigenvalue weighted by molar-refractivity contribution is -0.116. The number of hydrogen-bond acceptors (Lipinski definition) is 3. The highest BCUT2D eigenvalue weighted by Crippen LogP contribution is 2.09. The van der Waals surface area contributed by atoms with Crippen molar-refractivity contribution in [1.82, 2.24) is 4.98 Å². The largest absolute Gasteiger partial charge is 0.311 e. The Labute approximate surface area is 122 Å². The predicted octanol–water partition coefficient (Wildman–Crippen LogP) is 3.13. The second kappa shape index (κ2) is 6.74. The summed E-state index contributed by atoms with van der Waals surface area (Å²) in [5.41, 5.74) is 1.67. The highest BCUT2D eigenvalue weighted by atomic mass is 19.1. The maximum Gasteiger partial charge on any atom is 0.225 e. The molecule has 5 heteroatoms. The first-order valence-corrected chi connectivity index (χ1v) is 6.56. The fraction of sp³-hybridized carbons (Fsp3) is 0.188. The summed E-state index contributed by atoms with van der Waals surface area (Å²) in [4.78, 5) is 27.3. The fourth-order valence-corrected chi connectivity index (χ4v) is 1.77. The Morgan fingerprint density at radius 3 is 2.43 bits per heavy atom. The van der Waals surface area contributed by atoms with Crippen molar-refractivity contribution < 1.29 is 14.0 Å². The summed E-state index contributed by atoms with van der Waals surface area (Å²) in [6.45, 7) is 1.94. The Kier molecular flexibility index (Phi) is 4.77. The van der Waals surface area contributed by atoms with Gasteiger partial charge in [0, 0.05) is 18.4 Å². The second-order valence-corrected chi connectivity index (χ2v) is 4.70. The molecular formula is C16H15FN2O2. The number of carbonyl (C=O) groups is 2. The molecule has 0 saturated heterocycles. The van der Waals surface area contributed by atoms with E-state index in [4.69, 9.17) is 0 Å². The number of nitrogens with one attached hydrogen (secondary N) is 1. The van der Waals surface area contributed by atoms with Gasteiger partial charge in [0.2, 0.25) is 5.91 Å². The molecule has 4 nitrogen and oxygen atoms in total. The normalized spacial score (nSPS) is 10.2. The van der Waals surface area contributed by atoms with Crippen LogP contribution >= 0.6 is 0 Å². The molecule has 2 aromatic rings. The minimum absolute atomic E-state index is 0.0613. The number of nitrogens with zero attached hydrogens (tertiary/aromatic N) is 1. The number of benzene rings is 1. The number of pyridine rings is 1. The van der Waals surface area contributed by atoms with Gasteiger partial charge in [-0.25, -0.2) is 9.37 Å². The molecule has 1 heterocycles. The van der Waals surface area contributed by atoms with Crippen molar-refractivity contribution >= 4 is 17.5 Å². The Morgan fingerprint density at radius 2 is 1.81 bits per heavy atom.